The first-order valence-corrected chi connectivity index (χ1v) is 8.15. The number of carboxylic acids is 1. The number of hydrogen-bond donors (Lipinski definition) is 1. The Balaban J connectivity index is 2.37. The molecule has 0 fully saturated rings. The summed E-state index contributed by atoms with van der Waals surface area (Å²) in [7, 11) is -2.75. The van der Waals surface area contributed by atoms with Gasteiger partial charge >= 0.3 is 16.1 Å². The van der Waals surface area contributed by atoms with Crippen molar-refractivity contribution in [3.63, 3.8) is 0 Å². The van der Waals surface area contributed by atoms with E-state index in [1.807, 2.05) is 0 Å². The third-order valence-electron chi connectivity index (χ3n) is 2.71. The maximum absolute atomic E-state index is 12.2. The molecule has 2 rings (SSSR count). The summed E-state index contributed by atoms with van der Waals surface area (Å²) in [5, 5.41) is 8.91. The van der Waals surface area contributed by atoms with E-state index in [0.717, 1.165) is 4.47 Å². The molecule has 0 aliphatic carbocycles. The molecule has 0 unspecified atom stereocenters. The summed E-state index contributed by atoms with van der Waals surface area (Å²) in [6, 6.07) is 9.57. The fraction of sp³-hybridized carbons (Fsp3) is 0.0714. The molecule has 0 spiro atoms. The van der Waals surface area contributed by atoms with Gasteiger partial charge in [0.05, 0.1) is 12.7 Å². The molecule has 6 nitrogen and oxygen atoms in total. The summed E-state index contributed by atoms with van der Waals surface area (Å²) >= 11 is 3.21. The van der Waals surface area contributed by atoms with Crippen LogP contribution in [0, 0.1) is 0 Å². The Labute approximate surface area is 135 Å². The van der Waals surface area contributed by atoms with Crippen molar-refractivity contribution in [1.82, 2.24) is 0 Å². The highest BCUT2D eigenvalue weighted by Crippen LogP contribution is 2.31. The minimum absolute atomic E-state index is 0.0144. The van der Waals surface area contributed by atoms with Gasteiger partial charge in [0.2, 0.25) is 0 Å². The zero-order valence-electron chi connectivity index (χ0n) is 11.3. The highest BCUT2D eigenvalue weighted by molar-refractivity contribution is 9.10. The van der Waals surface area contributed by atoms with Crippen molar-refractivity contribution in [2.24, 2.45) is 0 Å². The summed E-state index contributed by atoms with van der Waals surface area (Å²) in [5.41, 5.74) is -0.0368. The molecule has 0 aromatic heterocycles. The highest BCUT2D eigenvalue weighted by Gasteiger charge is 2.20. The molecular formula is C14H11BrO6S. The third-order valence-corrected chi connectivity index (χ3v) is 4.49. The van der Waals surface area contributed by atoms with Crippen LogP contribution < -0.4 is 8.92 Å². The van der Waals surface area contributed by atoms with Gasteiger partial charge in [0.25, 0.3) is 0 Å². The molecule has 116 valence electrons. The molecule has 0 radical (unpaired) electrons. The van der Waals surface area contributed by atoms with E-state index in [4.69, 9.17) is 14.0 Å². The summed E-state index contributed by atoms with van der Waals surface area (Å²) in [5.74, 6) is -1.23. The number of hydrogen-bond acceptors (Lipinski definition) is 5. The minimum Gasteiger partial charge on any atom is -0.493 e. The number of benzene rings is 2. The zero-order valence-corrected chi connectivity index (χ0v) is 13.7. The first-order chi connectivity index (χ1) is 10.3. The van der Waals surface area contributed by atoms with Crippen LogP contribution in [-0.2, 0) is 10.1 Å². The molecule has 0 saturated carbocycles. The first-order valence-electron chi connectivity index (χ1n) is 5.95. The molecule has 22 heavy (non-hydrogen) atoms. The van der Waals surface area contributed by atoms with Gasteiger partial charge in [-0.15, -0.1) is 0 Å². The number of rotatable bonds is 5. The second-order valence-corrected chi connectivity index (χ2v) is 6.62. The van der Waals surface area contributed by atoms with Crippen LogP contribution in [0.1, 0.15) is 10.4 Å². The summed E-state index contributed by atoms with van der Waals surface area (Å²) < 4.78 is 35.1. The highest BCUT2D eigenvalue weighted by atomic mass is 79.9. The van der Waals surface area contributed by atoms with Crippen LogP contribution in [0.2, 0.25) is 0 Å². The molecule has 0 amide bonds. The molecule has 8 heteroatoms. The second kappa shape index (κ2) is 6.37. The van der Waals surface area contributed by atoms with Gasteiger partial charge in [0, 0.05) is 4.47 Å². The van der Waals surface area contributed by atoms with Crippen LogP contribution in [0.5, 0.6) is 11.5 Å². The van der Waals surface area contributed by atoms with E-state index in [1.54, 1.807) is 12.1 Å². The van der Waals surface area contributed by atoms with Gasteiger partial charge in [-0.2, -0.15) is 8.42 Å². The van der Waals surface area contributed by atoms with Crippen molar-refractivity contribution < 1.29 is 27.2 Å². The van der Waals surface area contributed by atoms with Crippen LogP contribution in [0.25, 0.3) is 0 Å². The van der Waals surface area contributed by atoms with Crippen molar-refractivity contribution >= 4 is 32.0 Å². The van der Waals surface area contributed by atoms with Gasteiger partial charge < -0.3 is 14.0 Å². The van der Waals surface area contributed by atoms with E-state index < -0.39 is 16.1 Å². The lowest BCUT2D eigenvalue weighted by molar-refractivity contribution is 0.0696. The summed E-state index contributed by atoms with van der Waals surface area (Å²) in [6.45, 7) is 0. The van der Waals surface area contributed by atoms with Crippen molar-refractivity contribution in [2.45, 2.75) is 4.90 Å². The molecule has 0 aliphatic rings. The number of carboxylic acid groups (broad SMARTS) is 1. The molecule has 0 aliphatic heterocycles. The van der Waals surface area contributed by atoms with Gasteiger partial charge in [0.15, 0.2) is 11.5 Å². The SMILES string of the molecule is COc1cc(C(=O)O)ccc1OS(=O)(=O)c1ccc(Br)cc1. The lowest BCUT2D eigenvalue weighted by Crippen LogP contribution is -2.10. The Morgan fingerprint density at radius 3 is 2.27 bits per heavy atom. The Hall–Kier alpha value is -2.06. The molecule has 2 aromatic carbocycles. The van der Waals surface area contributed by atoms with Gasteiger partial charge in [-0.3, -0.25) is 0 Å². The summed E-state index contributed by atoms with van der Waals surface area (Å²) in [6.07, 6.45) is 0. The normalized spacial score (nSPS) is 11.0. The fourth-order valence-electron chi connectivity index (χ4n) is 1.64. The van der Waals surface area contributed by atoms with Crippen molar-refractivity contribution in [3.05, 3.63) is 52.5 Å². The fourth-order valence-corrected chi connectivity index (χ4v) is 2.84. The smallest absolute Gasteiger partial charge is 0.339 e. The lowest BCUT2D eigenvalue weighted by atomic mass is 10.2. The van der Waals surface area contributed by atoms with Crippen LogP contribution >= 0.6 is 15.9 Å². The Morgan fingerprint density at radius 2 is 1.73 bits per heavy atom. The maximum Gasteiger partial charge on any atom is 0.339 e. The average molecular weight is 387 g/mol. The van der Waals surface area contributed by atoms with E-state index in [1.165, 1.54) is 37.4 Å². The topological polar surface area (TPSA) is 89.9 Å². The Bertz CT molecular complexity index is 799. The van der Waals surface area contributed by atoms with E-state index >= 15 is 0 Å². The molecule has 0 heterocycles. The third kappa shape index (κ3) is 3.58. The number of methoxy groups -OCH3 is 1. The minimum atomic E-state index is -4.04. The largest absolute Gasteiger partial charge is 0.493 e. The molecule has 0 bridgehead atoms. The molecular weight excluding hydrogens is 376 g/mol. The van der Waals surface area contributed by atoms with Crippen LogP contribution in [0.4, 0.5) is 0 Å². The number of aromatic carboxylic acids is 1. The van der Waals surface area contributed by atoms with Crippen LogP contribution in [0.15, 0.2) is 51.8 Å². The predicted molar refractivity (Wildman–Crippen MR) is 81.9 cm³/mol. The Kier molecular flexibility index (Phi) is 4.72. The molecule has 2 aromatic rings. The van der Waals surface area contributed by atoms with Crippen LogP contribution in [0.3, 0.4) is 0 Å². The molecule has 0 atom stereocenters. The van der Waals surface area contributed by atoms with Gasteiger partial charge in [0.1, 0.15) is 4.90 Å². The molecule has 0 saturated heterocycles. The van der Waals surface area contributed by atoms with E-state index in [2.05, 4.69) is 15.9 Å². The monoisotopic (exact) mass is 386 g/mol. The summed E-state index contributed by atoms with van der Waals surface area (Å²) in [4.78, 5) is 10.9. The number of ether oxygens (including phenoxy) is 1. The second-order valence-electron chi connectivity index (χ2n) is 4.16. The first kappa shape index (κ1) is 16.3. The van der Waals surface area contributed by atoms with Gasteiger partial charge in [-0.1, -0.05) is 15.9 Å². The Morgan fingerprint density at radius 1 is 1.09 bits per heavy atom. The molecule has 1 N–H and O–H groups in total. The maximum atomic E-state index is 12.2. The quantitative estimate of drug-likeness (QED) is 0.794. The number of carbonyl (C=O) groups is 1. The average Bonchev–Trinajstić information content (AvgIpc) is 2.47. The standard InChI is InChI=1S/C14H11BrO6S/c1-20-13-8-9(14(16)17)2-7-12(13)21-22(18,19)11-5-3-10(15)4-6-11/h2-8H,1H3,(H,16,17). The van der Waals surface area contributed by atoms with E-state index in [9.17, 15) is 13.2 Å². The van der Waals surface area contributed by atoms with Crippen molar-refractivity contribution in [1.29, 1.82) is 0 Å². The van der Waals surface area contributed by atoms with Crippen LogP contribution in [-0.4, -0.2) is 26.6 Å². The van der Waals surface area contributed by atoms with Gasteiger partial charge in [-0.05, 0) is 42.5 Å². The van der Waals surface area contributed by atoms with Gasteiger partial charge in [-0.25, -0.2) is 4.79 Å². The predicted octanol–water partition coefficient (Wildman–Crippen LogP) is 2.92. The zero-order chi connectivity index (χ0) is 16.3. The van der Waals surface area contributed by atoms with E-state index in [0.29, 0.717) is 0 Å². The number of halogens is 1. The van der Waals surface area contributed by atoms with Crippen molar-refractivity contribution in [2.75, 3.05) is 7.11 Å². The van der Waals surface area contributed by atoms with Crippen molar-refractivity contribution in [3.8, 4) is 11.5 Å². The van der Waals surface area contributed by atoms with E-state index in [-0.39, 0.29) is 22.0 Å². The lowest BCUT2D eigenvalue weighted by Gasteiger charge is -2.11.